The van der Waals surface area contributed by atoms with Crippen molar-refractivity contribution < 1.29 is 23.8 Å². The zero-order chi connectivity index (χ0) is 16.0. The first-order chi connectivity index (χ1) is 9.74. The van der Waals surface area contributed by atoms with Crippen molar-refractivity contribution in [1.82, 2.24) is 20.3 Å². The summed E-state index contributed by atoms with van der Waals surface area (Å²) in [5, 5.41) is 18.6. The fourth-order valence-electron chi connectivity index (χ4n) is 1.60. The molecule has 0 atom stereocenters. The number of hydrogen-bond donors (Lipinski definition) is 2. The van der Waals surface area contributed by atoms with Gasteiger partial charge < -0.3 is 15.2 Å². The number of ether oxygens (including phenoxy) is 1. The number of carbonyl (C=O) groups excluding carboxylic acids is 1. The van der Waals surface area contributed by atoms with E-state index in [2.05, 4.69) is 15.6 Å². The van der Waals surface area contributed by atoms with E-state index in [0.29, 0.717) is 0 Å². The number of carboxylic acid groups (broad SMARTS) is 1. The average molecular weight is 302 g/mol. The van der Waals surface area contributed by atoms with E-state index >= 15 is 0 Å². The lowest BCUT2D eigenvalue weighted by molar-refractivity contribution is 0.0528. The molecule has 118 valence electrons. The Kier molecular flexibility index (Phi) is 5.62. The maximum absolute atomic E-state index is 12.4. The largest absolute Gasteiger partial charge is 0.476 e. The number of aromatic nitrogens is 3. The van der Waals surface area contributed by atoms with Crippen LogP contribution in [0.15, 0.2) is 0 Å². The minimum atomic E-state index is -1.24. The summed E-state index contributed by atoms with van der Waals surface area (Å²) in [6.45, 7) is 4.56. The standard InChI is InChI=1S/C12H19FN4O4/c1-12(2,3)21-11(20)14-6-4-8-9(10(18)19)15-16-17(8)7-5-13/h4-7H2,1-3H3,(H,14,20)(H,18,19). The van der Waals surface area contributed by atoms with Gasteiger partial charge in [0.15, 0.2) is 5.69 Å². The number of nitrogens with zero attached hydrogens (tertiary/aromatic N) is 3. The molecule has 1 aromatic rings. The molecule has 0 unspecified atom stereocenters. The normalized spacial score (nSPS) is 11.2. The molecule has 0 aliphatic heterocycles. The van der Waals surface area contributed by atoms with Crippen LogP contribution in [0.1, 0.15) is 37.0 Å². The molecule has 0 spiro atoms. The first-order valence-electron chi connectivity index (χ1n) is 6.43. The predicted octanol–water partition coefficient (Wildman–Crippen LogP) is 1.01. The number of aromatic carboxylic acids is 1. The molecule has 0 aromatic carbocycles. The number of rotatable bonds is 6. The number of alkyl halides is 1. The number of hydrogen-bond acceptors (Lipinski definition) is 5. The molecule has 0 bridgehead atoms. The zero-order valence-corrected chi connectivity index (χ0v) is 12.2. The molecule has 8 nitrogen and oxygen atoms in total. The molecule has 0 saturated carbocycles. The average Bonchev–Trinajstić information content (AvgIpc) is 2.71. The summed E-state index contributed by atoms with van der Waals surface area (Å²) in [7, 11) is 0. The SMILES string of the molecule is CC(C)(C)OC(=O)NCCc1c(C(=O)O)nnn1CCF. The Morgan fingerprint density at radius 3 is 2.62 bits per heavy atom. The Balaban J connectivity index is 2.64. The van der Waals surface area contributed by atoms with Crippen LogP contribution in [-0.4, -0.2) is 51.0 Å². The number of alkyl carbamates (subject to hydrolysis) is 1. The predicted molar refractivity (Wildman–Crippen MR) is 70.9 cm³/mol. The summed E-state index contributed by atoms with van der Waals surface area (Å²) in [5.41, 5.74) is -0.598. The molecular weight excluding hydrogens is 283 g/mol. The van der Waals surface area contributed by atoms with Crippen LogP contribution in [0, 0.1) is 0 Å². The summed E-state index contributed by atoms with van der Waals surface area (Å²) in [6.07, 6.45) is -0.447. The molecule has 1 heterocycles. The molecule has 0 aliphatic rings. The summed E-state index contributed by atoms with van der Waals surface area (Å²) >= 11 is 0. The molecule has 21 heavy (non-hydrogen) atoms. The third-order valence-electron chi connectivity index (χ3n) is 2.37. The molecule has 1 amide bonds. The molecule has 0 radical (unpaired) electrons. The van der Waals surface area contributed by atoms with E-state index in [4.69, 9.17) is 9.84 Å². The molecule has 0 aliphatic carbocycles. The van der Waals surface area contributed by atoms with Crippen LogP contribution in [0.4, 0.5) is 9.18 Å². The van der Waals surface area contributed by atoms with Crippen molar-refractivity contribution in [3.63, 3.8) is 0 Å². The van der Waals surface area contributed by atoms with Crippen LogP contribution >= 0.6 is 0 Å². The van der Waals surface area contributed by atoms with E-state index in [1.165, 1.54) is 4.68 Å². The Labute approximate surface area is 121 Å². The second-order valence-corrected chi connectivity index (χ2v) is 5.28. The number of aryl methyl sites for hydroxylation is 1. The summed E-state index contributed by atoms with van der Waals surface area (Å²) in [6, 6.07) is 0. The van der Waals surface area contributed by atoms with Crippen LogP contribution in [0.25, 0.3) is 0 Å². The topological polar surface area (TPSA) is 106 Å². The summed E-state index contributed by atoms with van der Waals surface area (Å²) < 4.78 is 18.6. The molecular formula is C12H19FN4O4. The quantitative estimate of drug-likeness (QED) is 0.812. The van der Waals surface area contributed by atoms with E-state index in [0.717, 1.165) is 0 Å². The van der Waals surface area contributed by atoms with Crippen molar-refractivity contribution in [3.05, 3.63) is 11.4 Å². The molecule has 1 aromatic heterocycles. The number of amides is 1. The van der Waals surface area contributed by atoms with Gasteiger partial charge in [-0.2, -0.15) is 0 Å². The Morgan fingerprint density at radius 2 is 2.10 bits per heavy atom. The van der Waals surface area contributed by atoms with Crippen molar-refractivity contribution in [1.29, 1.82) is 0 Å². The summed E-state index contributed by atoms with van der Waals surface area (Å²) in [5.74, 6) is -1.24. The Hall–Kier alpha value is -2.19. The summed E-state index contributed by atoms with van der Waals surface area (Å²) in [4.78, 5) is 22.5. The smallest absolute Gasteiger partial charge is 0.407 e. The highest BCUT2D eigenvalue weighted by Crippen LogP contribution is 2.08. The van der Waals surface area contributed by atoms with Gasteiger partial charge in [0.2, 0.25) is 0 Å². The van der Waals surface area contributed by atoms with Gasteiger partial charge in [0.05, 0.1) is 12.2 Å². The molecule has 9 heteroatoms. The lowest BCUT2D eigenvalue weighted by atomic mass is 10.2. The second-order valence-electron chi connectivity index (χ2n) is 5.28. The molecule has 0 saturated heterocycles. The Bertz CT molecular complexity index is 510. The van der Waals surface area contributed by atoms with Gasteiger partial charge >= 0.3 is 12.1 Å². The van der Waals surface area contributed by atoms with E-state index < -0.39 is 24.3 Å². The van der Waals surface area contributed by atoms with Gasteiger partial charge in [-0.3, -0.25) is 0 Å². The minimum absolute atomic E-state index is 0.0813. The third kappa shape index (κ3) is 5.36. The highest BCUT2D eigenvalue weighted by molar-refractivity contribution is 5.86. The maximum atomic E-state index is 12.4. The van der Waals surface area contributed by atoms with Crippen LogP contribution in [0.3, 0.4) is 0 Å². The zero-order valence-electron chi connectivity index (χ0n) is 12.2. The Morgan fingerprint density at radius 1 is 1.43 bits per heavy atom. The van der Waals surface area contributed by atoms with Crippen molar-refractivity contribution in [2.24, 2.45) is 0 Å². The number of carboxylic acids is 1. The first-order valence-corrected chi connectivity index (χ1v) is 6.43. The minimum Gasteiger partial charge on any atom is -0.476 e. The van der Waals surface area contributed by atoms with Crippen molar-refractivity contribution in [2.45, 2.75) is 39.3 Å². The maximum Gasteiger partial charge on any atom is 0.407 e. The van der Waals surface area contributed by atoms with Gasteiger partial charge in [0, 0.05) is 13.0 Å². The highest BCUT2D eigenvalue weighted by Gasteiger charge is 2.20. The van der Waals surface area contributed by atoms with E-state index in [-0.39, 0.29) is 30.9 Å². The van der Waals surface area contributed by atoms with Gasteiger partial charge in [0.1, 0.15) is 12.3 Å². The van der Waals surface area contributed by atoms with Crippen LogP contribution < -0.4 is 5.32 Å². The lowest BCUT2D eigenvalue weighted by Crippen LogP contribution is -2.34. The van der Waals surface area contributed by atoms with Gasteiger partial charge in [-0.25, -0.2) is 18.7 Å². The van der Waals surface area contributed by atoms with Gasteiger partial charge in [-0.05, 0) is 20.8 Å². The van der Waals surface area contributed by atoms with Crippen LogP contribution in [0.5, 0.6) is 0 Å². The monoisotopic (exact) mass is 302 g/mol. The number of halogens is 1. The van der Waals surface area contributed by atoms with Crippen molar-refractivity contribution in [3.8, 4) is 0 Å². The fraction of sp³-hybridized carbons (Fsp3) is 0.667. The van der Waals surface area contributed by atoms with Crippen LogP contribution in [0.2, 0.25) is 0 Å². The van der Waals surface area contributed by atoms with Gasteiger partial charge in [0.25, 0.3) is 0 Å². The second kappa shape index (κ2) is 7.00. The van der Waals surface area contributed by atoms with Gasteiger partial charge in [-0.1, -0.05) is 5.21 Å². The third-order valence-corrected chi connectivity index (χ3v) is 2.37. The number of nitrogens with one attached hydrogen (secondary N) is 1. The molecule has 2 N–H and O–H groups in total. The fourth-order valence-corrected chi connectivity index (χ4v) is 1.60. The molecule has 0 fully saturated rings. The van der Waals surface area contributed by atoms with E-state index in [1.807, 2.05) is 0 Å². The van der Waals surface area contributed by atoms with Gasteiger partial charge in [-0.15, -0.1) is 5.10 Å². The highest BCUT2D eigenvalue weighted by atomic mass is 19.1. The lowest BCUT2D eigenvalue weighted by Gasteiger charge is -2.19. The van der Waals surface area contributed by atoms with Crippen LogP contribution in [-0.2, 0) is 17.7 Å². The molecule has 1 rings (SSSR count). The number of carbonyl (C=O) groups is 2. The van der Waals surface area contributed by atoms with E-state index in [9.17, 15) is 14.0 Å². The first kappa shape index (κ1) is 16.9. The van der Waals surface area contributed by atoms with Crippen molar-refractivity contribution in [2.75, 3.05) is 13.2 Å². The van der Waals surface area contributed by atoms with E-state index in [1.54, 1.807) is 20.8 Å². The van der Waals surface area contributed by atoms with Crippen molar-refractivity contribution >= 4 is 12.1 Å².